The van der Waals surface area contributed by atoms with Crippen LogP contribution in [0.25, 0.3) is 0 Å². The van der Waals surface area contributed by atoms with E-state index >= 15 is 0 Å². The summed E-state index contributed by atoms with van der Waals surface area (Å²) in [6, 6.07) is 0. The van der Waals surface area contributed by atoms with Gasteiger partial charge in [-0.15, -0.1) is 11.3 Å². The maximum absolute atomic E-state index is 12.0. The van der Waals surface area contributed by atoms with Crippen molar-refractivity contribution in [2.75, 3.05) is 23.6 Å². The molecule has 0 bridgehead atoms. The fraction of sp³-hybridized carbons (Fsp3) is 0.769. The highest BCUT2D eigenvalue weighted by molar-refractivity contribution is 7.92. The van der Waals surface area contributed by atoms with Crippen molar-refractivity contribution >= 4 is 26.5 Å². The number of unbranched alkanes of at least 4 members (excludes halogenated alkanes) is 1. The average molecular weight is 317 g/mol. The van der Waals surface area contributed by atoms with Gasteiger partial charge in [0.25, 0.3) is 0 Å². The Hall–Kier alpha value is -0.660. The molecule has 0 unspecified atom stereocenters. The van der Waals surface area contributed by atoms with E-state index in [1.807, 2.05) is 0 Å². The third-order valence-corrected chi connectivity index (χ3v) is 5.81. The van der Waals surface area contributed by atoms with Crippen molar-refractivity contribution in [2.45, 2.75) is 45.4 Å². The van der Waals surface area contributed by atoms with Crippen LogP contribution in [0, 0.1) is 0 Å². The zero-order valence-electron chi connectivity index (χ0n) is 11.9. The summed E-state index contributed by atoms with van der Waals surface area (Å²) >= 11 is 1.49. The molecule has 0 saturated heterocycles. The molecule has 2 N–H and O–H groups in total. The number of hydrogen-bond acceptors (Lipinski definition) is 5. The molecule has 1 heterocycles. The predicted octanol–water partition coefficient (Wildman–Crippen LogP) is 2.15. The van der Waals surface area contributed by atoms with E-state index in [2.05, 4.69) is 21.9 Å². The number of aromatic nitrogens is 1. The zero-order chi connectivity index (χ0) is 14.4. The van der Waals surface area contributed by atoms with Crippen molar-refractivity contribution in [2.24, 2.45) is 0 Å². The summed E-state index contributed by atoms with van der Waals surface area (Å²) in [6.45, 7) is 4.00. The highest BCUT2D eigenvalue weighted by atomic mass is 32.2. The van der Waals surface area contributed by atoms with Gasteiger partial charge in [-0.1, -0.05) is 6.92 Å². The molecule has 2 rings (SSSR count). The first-order valence-electron chi connectivity index (χ1n) is 7.30. The highest BCUT2D eigenvalue weighted by Crippen LogP contribution is 2.30. The Balaban J connectivity index is 1.73. The number of aryl methyl sites for hydroxylation is 2. The zero-order valence-corrected chi connectivity index (χ0v) is 13.6. The van der Waals surface area contributed by atoms with Gasteiger partial charge in [0, 0.05) is 4.88 Å². The van der Waals surface area contributed by atoms with Gasteiger partial charge in [0.15, 0.2) is 5.13 Å². The molecule has 1 aromatic rings. The number of hydrogen-bond donors (Lipinski definition) is 2. The van der Waals surface area contributed by atoms with Crippen molar-refractivity contribution in [1.29, 1.82) is 0 Å². The van der Waals surface area contributed by atoms with Crippen molar-refractivity contribution in [3.05, 3.63) is 10.6 Å². The smallest absolute Gasteiger partial charge is 0.234 e. The van der Waals surface area contributed by atoms with Crippen LogP contribution in [0.2, 0.25) is 0 Å². The average Bonchev–Trinajstić information content (AvgIpc) is 2.93. The van der Waals surface area contributed by atoms with E-state index in [9.17, 15) is 8.42 Å². The third kappa shape index (κ3) is 4.71. The molecule has 0 saturated carbocycles. The van der Waals surface area contributed by atoms with Crippen LogP contribution in [0.1, 0.15) is 43.2 Å². The minimum Gasteiger partial charge on any atom is -0.317 e. The molecule has 0 atom stereocenters. The van der Waals surface area contributed by atoms with Crippen LogP contribution < -0.4 is 10.0 Å². The van der Waals surface area contributed by atoms with E-state index in [0.29, 0.717) is 11.6 Å². The SMILES string of the molecule is CCCNCCCCS(=O)(=O)Nc1nc2c(s1)CCC2. The number of fused-ring (bicyclic) bond motifs is 1. The molecule has 20 heavy (non-hydrogen) atoms. The molecular formula is C13H23N3O2S2. The van der Waals surface area contributed by atoms with Crippen LogP contribution in [0.5, 0.6) is 0 Å². The normalized spacial score (nSPS) is 14.4. The second-order valence-corrected chi connectivity index (χ2v) is 8.05. The Kier molecular flexibility index (Phi) is 5.80. The molecule has 0 amide bonds. The lowest BCUT2D eigenvalue weighted by Crippen LogP contribution is -2.19. The van der Waals surface area contributed by atoms with Gasteiger partial charge < -0.3 is 5.32 Å². The molecule has 5 nitrogen and oxygen atoms in total. The summed E-state index contributed by atoms with van der Waals surface area (Å²) in [5.74, 6) is 0.172. The van der Waals surface area contributed by atoms with Crippen LogP contribution in [0.15, 0.2) is 0 Å². The Bertz CT molecular complexity index is 504. The molecule has 114 valence electrons. The fourth-order valence-electron chi connectivity index (χ4n) is 2.26. The molecule has 0 fully saturated rings. The van der Waals surface area contributed by atoms with Crippen LogP contribution >= 0.6 is 11.3 Å². The molecule has 1 aromatic heterocycles. The molecule has 0 aliphatic heterocycles. The predicted molar refractivity (Wildman–Crippen MR) is 83.9 cm³/mol. The van der Waals surface area contributed by atoms with Gasteiger partial charge in [-0.25, -0.2) is 13.4 Å². The second-order valence-electron chi connectivity index (χ2n) is 5.12. The quantitative estimate of drug-likeness (QED) is 0.685. The highest BCUT2D eigenvalue weighted by Gasteiger charge is 2.19. The summed E-state index contributed by atoms with van der Waals surface area (Å²) < 4.78 is 26.5. The molecule has 0 spiro atoms. The summed E-state index contributed by atoms with van der Waals surface area (Å²) in [5, 5.41) is 3.81. The van der Waals surface area contributed by atoms with Gasteiger partial charge >= 0.3 is 0 Å². The third-order valence-electron chi connectivity index (χ3n) is 3.28. The topological polar surface area (TPSA) is 71.1 Å². The van der Waals surface area contributed by atoms with E-state index < -0.39 is 10.0 Å². The Morgan fingerprint density at radius 3 is 2.85 bits per heavy atom. The van der Waals surface area contributed by atoms with Crippen LogP contribution in [-0.2, 0) is 22.9 Å². The van der Waals surface area contributed by atoms with Gasteiger partial charge in [0.2, 0.25) is 10.0 Å². The van der Waals surface area contributed by atoms with Crippen LogP contribution in [0.4, 0.5) is 5.13 Å². The lowest BCUT2D eigenvalue weighted by molar-refractivity contribution is 0.590. The molecule has 1 aliphatic carbocycles. The molecular weight excluding hydrogens is 294 g/mol. The first kappa shape index (κ1) is 15.7. The first-order chi connectivity index (χ1) is 9.61. The van der Waals surface area contributed by atoms with E-state index in [-0.39, 0.29) is 5.75 Å². The Morgan fingerprint density at radius 1 is 1.25 bits per heavy atom. The number of nitrogens with zero attached hydrogens (tertiary/aromatic N) is 1. The number of rotatable bonds is 9. The number of anilines is 1. The van der Waals surface area contributed by atoms with Crippen molar-refractivity contribution in [1.82, 2.24) is 10.3 Å². The lowest BCUT2D eigenvalue weighted by atomic mass is 10.3. The molecule has 0 radical (unpaired) electrons. The van der Waals surface area contributed by atoms with Crippen molar-refractivity contribution in [3.8, 4) is 0 Å². The standard InChI is InChI=1S/C13H23N3O2S2/c1-2-8-14-9-3-4-10-20(17,18)16-13-15-11-6-5-7-12(11)19-13/h14H,2-10H2,1H3,(H,15,16). The van der Waals surface area contributed by atoms with Crippen molar-refractivity contribution < 1.29 is 8.42 Å². The number of sulfonamides is 1. The van der Waals surface area contributed by atoms with Crippen LogP contribution in [-0.4, -0.2) is 32.2 Å². The summed E-state index contributed by atoms with van der Waals surface area (Å²) in [7, 11) is -3.24. The number of nitrogens with one attached hydrogen (secondary N) is 2. The van der Waals surface area contributed by atoms with Gasteiger partial charge in [-0.2, -0.15) is 0 Å². The summed E-state index contributed by atoms with van der Waals surface area (Å²) in [4.78, 5) is 5.60. The Morgan fingerprint density at radius 2 is 2.10 bits per heavy atom. The van der Waals surface area contributed by atoms with Gasteiger partial charge in [0.05, 0.1) is 11.4 Å². The molecule has 1 aliphatic rings. The Labute approximate surface area is 125 Å². The first-order valence-corrected chi connectivity index (χ1v) is 9.77. The van der Waals surface area contributed by atoms with E-state index in [0.717, 1.165) is 50.9 Å². The summed E-state index contributed by atoms with van der Waals surface area (Å²) in [6.07, 6.45) is 5.83. The largest absolute Gasteiger partial charge is 0.317 e. The van der Waals surface area contributed by atoms with Crippen molar-refractivity contribution in [3.63, 3.8) is 0 Å². The monoisotopic (exact) mass is 317 g/mol. The maximum Gasteiger partial charge on any atom is 0.234 e. The van der Waals surface area contributed by atoms with E-state index in [1.165, 1.54) is 16.2 Å². The molecule has 7 heteroatoms. The van der Waals surface area contributed by atoms with Crippen LogP contribution in [0.3, 0.4) is 0 Å². The maximum atomic E-state index is 12.0. The van der Waals surface area contributed by atoms with Gasteiger partial charge in [-0.05, 0) is 51.6 Å². The lowest BCUT2D eigenvalue weighted by Gasteiger charge is -2.06. The minimum atomic E-state index is -3.24. The number of thiazole rings is 1. The summed E-state index contributed by atoms with van der Waals surface area (Å²) in [5.41, 5.74) is 1.08. The van der Waals surface area contributed by atoms with Gasteiger partial charge in [0.1, 0.15) is 0 Å². The minimum absolute atomic E-state index is 0.172. The van der Waals surface area contributed by atoms with Gasteiger partial charge in [-0.3, -0.25) is 4.72 Å². The van der Waals surface area contributed by atoms with E-state index in [4.69, 9.17) is 0 Å². The van der Waals surface area contributed by atoms with E-state index in [1.54, 1.807) is 0 Å². The fourth-order valence-corrected chi connectivity index (χ4v) is 4.71. The molecule has 0 aromatic carbocycles. The second kappa shape index (κ2) is 7.38.